The van der Waals surface area contributed by atoms with Crippen molar-refractivity contribution in [2.45, 2.75) is 53.4 Å². The molecule has 0 radical (unpaired) electrons. The van der Waals surface area contributed by atoms with E-state index in [1.807, 2.05) is 0 Å². The van der Waals surface area contributed by atoms with Crippen molar-refractivity contribution in [1.29, 1.82) is 0 Å². The third-order valence-electron chi connectivity index (χ3n) is 3.12. The van der Waals surface area contributed by atoms with Gasteiger partial charge in [-0.15, -0.1) is 0 Å². The fourth-order valence-corrected chi connectivity index (χ4v) is 8.61. The Bertz CT molecular complexity index is 119. The van der Waals surface area contributed by atoms with Crippen molar-refractivity contribution in [3.05, 3.63) is 0 Å². The first kappa shape index (κ1) is 18.3. The molecule has 0 fully saturated rings. The van der Waals surface area contributed by atoms with Crippen LogP contribution in [-0.4, -0.2) is 36.2 Å². The van der Waals surface area contributed by atoms with Gasteiger partial charge in [0.05, 0.1) is 0 Å². The van der Waals surface area contributed by atoms with Crippen molar-refractivity contribution >= 4 is 13.7 Å². The van der Waals surface area contributed by atoms with Crippen LogP contribution in [0.5, 0.6) is 0 Å². The van der Waals surface area contributed by atoms with Crippen LogP contribution in [0.2, 0.25) is 0 Å². The number of carboxylic acid groups (broad SMARTS) is 1. The zero-order chi connectivity index (χ0) is 12.9. The average molecular weight is 250 g/mol. The second kappa shape index (κ2) is 13.0. The largest absolute Gasteiger partial charge is 0.483 e. The number of hydrogen-bond donors (Lipinski definition) is 1. The van der Waals surface area contributed by atoms with Gasteiger partial charge in [0, 0.05) is 0 Å². The minimum atomic E-state index is -0.796. The summed E-state index contributed by atoms with van der Waals surface area (Å²) in [5.74, 6) is 0. The molecule has 0 atom stereocenters. The molecule has 0 aromatic heterocycles. The molecule has 3 heteroatoms. The van der Waals surface area contributed by atoms with E-state index in [1.165, 1.54) is 25.7 Å². The minimum absolute atomic E-state index is 0.250. The zero-order valence-electron chi connectivity index (χ0n) is 11.6. The zero-order valence-corrected chi connectivity index (χ0v) is 12.6. The first-order valence-electron chi connectivity index (χ1n) is 6.74. The molecule has 0 bridgehead atoms. The van der Waals surface area contributed by atoms with Gasteiger partial charge in [-0.05, 0) is 0 Å². The van der Waals surface area contributed by atoms with Crippen LogP contribution in [0.25, 0.3) is 0 Å². The van der Waals surface area contributed by atoms with Gasteiger partial charge in [-0.1, -0.05) is 0 Å². The van der Waals surface area contributed by atoms with Gasteiger partial charge in [0.25, 0.3) is 6.47 Å². The van der Waals surface area contributed by atoms with Gasteiger partial charge in [-0.25, -0.2) is 0 Å². The normalized spacial score (nSPS) is 11.5. The molecule has 0 unspecified atom stereocenters. The maximum Gasteiger partial charge on any atom is 0.290 e. The molecule has 0 saturated heterocycles. The Kier molecular flexibility index (Phi) is 14.8. The topological polar surface area (TPSA) is 37.3 Å². The molecule has 0 aromatic carbocycles. The molecule has 1 N–H and O–H groups in total. The minimum Gasteiger partial charge on any atom is -0.483 e. The first-order valence-corrected chi connectivity index (χ1v) is 9.56. The predicted octanol–water partition coefficient (Wildman–Crippen LogP) is 4.08. The maximum atomic E-state index is 8.36. The van der Waals surface area contributed by atoms with Crippen LogP contribution in [-0.2, 0) is 4.79 Å². The van der Waals surface area contributed by atoms with E-state index in [0.29, 0.717) is 0 Å². The molecule has 0 saturated carbocycles. The summed E-state index contributed by atoms with van der Waals surface area (Å²) in [6, 6.07) is 0. The molecule has 0 aliphatic heterocycles. The molecule has 100 valence electrons. The quantitative estimate of drug-likeness (QED) is 0.520. The molecule has 0 spiro atoms. The Hall–Kier alpha value is -0.100. The Labute approximate surface area is 102 Å². The smallest absolute Gasteiger partial charge is 0.290 e. The van der Waals surface area contributed by atoms with E-state index in [1.54, 1.807) is 24.6 Å². The van der Waals surface area contributed by atoms with Gasteiger partial charge in [-0.3, -0.25) is 4.79 Å². The third kappa shape index (κ3) is 9.15. The second-order valence-corrected chi connectivity index (χ2v) is 9.61. The fourth-order valence-electron chi connectivity index (χ4n) is 2.87. The fraction of sp³-hybridized carbons (Fsp3) is 0.923. The van der Waals surface area contributed by atoms with Crippen LogP contribution in [0.3, 0.4) is 0 Å². The Balaban J connectivity index is 0. The van der Waals surface area contributed by atoms with Gasteiger partial charge < -0.3 is 5.11 Å². The second-order valence-electron chi connectivity index (χ2n) is 4.61. The Morgan fingerprint density at radius 1 is 0.812 bits per heavy atom. The van der Waals surface area contributed by atoms with Gasteiger partial charge in [0.1, 0.15) is 0 Å². The van der Waals surface area contributed by atoms with E-state index >= 15 is 0 Å². The number of hydrogen-bond acceptors (Lipinski definition) is 1. The Morgan fingerprint density at radius 3 is 1.12 bits per heavy atom. The van der Waals surface area contributed by atoms with E-state index in [2.05, 4.69) is 27.7 Å². The molecule has 16 heavy (non-hydrogen) atoms. The molecule has 0 heterocycles. The van der Waals surface area contributed by atoms with Crippen LogP contribution in [0.1, 0.15) is 53.4 Å². The van der Waals surface area contributed by atoms with Gasteiger partial charge >= 0.3 is 85.3 Å². The molecule has 0 aromatic rings. The van der Waals surface area contributed by atoms with E-state index in [9.17, 15) is 0 Å². The van der Waals surface area contributed by atoms with Gasteiger partial charge in [0.2, 0.25) is 0 Å². The molecule has 0 amide bonds. The average Bonchev–Trinajstić information content (AvgIpc) is 2.20. The maximum absolute atomic E-state index is 8.36. The van der Waals surface area contributed by atoms with E-state index in [-0.39, 0.29) is 6.47 Å². The number of carbonyl (C=O) groups is 1. The van der Waals surface area contributed by atoms with E-state index < -0.39 is 7.26 Å². The molecule has 0 rings (SSSR count). The summed E-state index contributed by atoms with van der Waals surface area (Å²) in [5, 5.41) is 6.89. The van der Waals surface area contributed by atoms with Gasteiger partial charge in [-0.2, -0.15) is 0 Å². The molecule has 2 nitrogen and oxygen atoms in total. The van der Waals surface area contributed by atoms with Crippen molar-refractivity contribution < 1.29 is 9.90 Å². The van der Waals surface area contributed by atoms with Crippen molar-refractivity contribution in [2.75, 3.05) is 24.6 Å². The summed E-state index contributed by atoms with van der Waals surface area (Å²) in [6.07, 6.45) is 12.0. The van der Waals surface area contributed by atoms with Crippen LogP contribution < -0.4 is 0 Å². The van der Waals surface area contributed by atoms with Crippen LogP contribution in [0.15, 0.2) is 0 Å². The van der Waals surface area contributed by atoms with Crippen molar-refractivity contribution in [3.63, 3.8) is 0 Å². The SMILES string of the molecule is CCC[PH](CCC)(CCC)CCC.O=CO. The summed E-state index contributed by atoms with van der Waals surface area (Å²) in [5.41, 5.74) is 0. The molecular weight excluding hydrogens is 219 g/mol. The number of rotatable bonds is 8. The van der Waals surface area contributed by atoms with Crippen LogP contribution in [0, 0.1) is 0 Å². The standard InChI is InChI=1S/C12H29P.CH2O2/c1-5-9-13(10-6-2,11-7-3)12-8-4;2-1-3/h13H,5-12H2,1-4H3;1H,(H,2,3). The third-order valence-corrected chi connectivity index (χ3v) is 9.36. The van der Waals surface area contributed by atoms with E-state index in [4.69, 9.17) is 9.90 Å². The summed E-state index contributed by atoms with van der Waals surface area (Å²) in [4.78, 5) is 8.36. The molecule has 0 aliphatic rings. The van der Waals surface area contributed by atoms with Crippen LogP contribution >= 0.6 is 7.26 Å². The molecular formula is C13H31O2P. The summed E-state index contributed by atoms with van der Waals surface area (Å²) in [6.45, 7) is 9.21. The monoisotopic (exact) mass is 250 g/mol. The first-order chi connectivity index (χ1) is 7.66. The predicted molar refractivity (Wildman–Crippen MR) is 77.6 cm³/mol. The Morgan fingerprint density at radius 2 is 1.00 bits per heavy atom. The van der Waals surface area contributed by atoms with Crippen LogP contribution in [0.4, 0.5) is 0 Å². The molecule has 0 aliphatic carbocycles. The van der Waals surface area contributed by atoms with Crippen molar-refractivity contribution in [3.8, 4) is 0 Å². The van der Waals surface area contributed by atoms with Crippen molar-refractivity contribution in [1.82, 2.24) is 0 Å². The summed E-state index contributed by atoms with van der Waals surface area (Å²) in [7, 11) is -0.796. The van der Waals surface area contributed by atoms with E-state index in [0.717, 1.165) is 0 Å². The van der Waals surface area contributed by atoms with Gasteiger partial charge in [0.15, 0.2) is 0 Å². The summed E-state index contributed by atoms with van der Waals surface area (Å²) >= 11 is 0. The van der Waals surface area contributed by atoms with Crippen molar-refractivity contribution in [2.24, 2.45) is 0 Å². The summed E-state index contributed by atoms with van der Waals surface area (Å²) < 4.78 is 0.